The van der Waals surface area contributed by atoms with Crippen LogP contribution in [0.25, 0.3) is 0 Å². The summed E-state index contributed by atoms with van der Waals surface area (Å²) in [5, 5.41) is 9.71. The summed E-state index contributed by atoms with van der Waals surface area (Å²) in [5.41, 5.74) is 7.32. The van der Waals surface area contributed by atoms with E-state index >= 15 is 0 Å². The number of hydrogen-bond donors (Lipinski definition) is 1. The highest BCUT2D eigenvalue weighted by atomic mass is 79.9. The molecule has 9 heteroatoms. The first-order valence-electron chi connectivity index (χ1n) is 8.53. The Labute approximate surface area is 175 Å². The summed E-state index contributed by atoms with van der Waals surface area (Å²) in [6, 6.07) is 7.01. The van der Waals surface area contributed by atoms with Gasteiger partial charge in [0.2, 0.25) is 5.88 Å². The zero-order chi connectivity index (χ0) is 21.5. The second kappa shape index (κ2) is 7.64. The molecule has 0 spiro atoms. The highest BCUT2D eigenvalue weighted by molar-refractivity contribution is 9.10. The van der Waals surface area contributed by atoms with Crippen LogP contribution in [0.15, 0.2) is 38.9 Å². The van der Waals surface area contributed by atoms with E-state index in [9.17, 15) is 14.9 Å². The van der Waals surface area contributed by atoms with E-state index in [2.05, 4.69) is 15.9 Å². The Morgan fingerprint density at radius 2 is 2.07 bits per heavy atom. The number of benzene rings is 1. The standard InChI is InChI=1S/C20H18BrN3O5/c1-9-5-14-17(20(26)24(9)3)16(12(8-22)19(23)29-14)11-6-13(21)18(28-10(2)25)15(7-11)27-4/h5-7,16H,23H2,1-4H3/t16-/m0/s1. The highest BCUT2D eigenvalue weighted by Crippen LogP contribution is 2.45. The quantitative estimate of drug-likeness (QED) is 0.553. The van der Waals surface area contributed by atoms with E-state index in [0.29, 0.717) is 21.5 Å². The number of aryl methyl sites for hydroxylation is 1. The fourth-order valence-corrected chi connectivity index (χ4v) is 3.76. The minimum atomic E-state index is -0.778. The van der Waals surface area contributed by atoms with Crippen molar-refractivity contribution in [2.24, 2.45) is 12.8 Å². The van der Waals surface area contributed by atoms with Gasteiger partial charge in [-0.25, -0.2) is 0 Å². The van der Waals surface area contributed by atoms with Crippen LogP contribution < -0.4 is 25.5 Å². The third-order valence-electron chi connectivity index (χ3n) is 4.68. The lowest BCUT2D eigenvalue weighted by Crippen LogP contribution is -2.31. The van der Waals surface area contributed by atoms with Crippen LogP contribution in [-0.2, 0) is 11.8 Å². The Hall–Kier alpha value is -3.25. The van der Waals surface area contributed by atoms with Gasteiger partial charge in [-0.05, 0) is 40.5 Å². The molecule has 3 rings (SSSR count). The maximum absolute atomic E-state index is 13.0. The first-order valence-corrected chi connectivity index (χ1v) is 9.32. The van der Waals surface area contributed by atoms with Crippen molar-refractivity contribution in [3.05, 3.63) is 61.3 Å². The van der Waals surface area contributed by atoms with E-state index in [0.717, 1.165) is 0 Å². The van der Waals surface area contributed by atoms with Gasteiger partial charge in [0, 0.05) is 25.7 Å². The molecule has 0 fully saturated rings. The van der Waals surface area contributed by atoms with E-state index in [1.807, 2.05) is 6.07 Å². The molecule has 8 nitrogen and oxygen atoms in total. The van der Waals surface area contributed by atoms with Crippen LogP contribution in [0.4, 0.5) is 0 Å². The number of nitrogens with zero attached hydrogens (tertiary/aromatic N) is 2. The zero-order valence-electron chi connectivity index (χ0n) is 16.2. The number of nitriles is 1. The Bertz CT molecular complexity index is 1160. The third-order valence-corrected chi connectivity index (χ3v) is 5.27. The predicted octanol–water partition coefficient (Wildman–Crippen LogP) is 2.61. The molecule has 1 aromatic carbocycles. The highest BCUT2D eigenvalue weighted by Gasteiger charge is 2.35. The number of aromatic nitrogens is 1. The van der Waals surface area contributed by atoms with Crippen molar-refractivity contribution in [1.29, 1.82) is 5.26 Å². The summed E-state index contributed by atoms with van der Waals surface area (Å²) in [6.07, 6.45) is 0. The SMILES string of the molecule is COc1cc([C@H]2C(C#N)=C(N)Oc3cc(C)n(C)c(=O)c32)cc(Br)c1OC(C)=O. The Morgan fingerprint density at radius 3 is 2.66 bits per heavy atom. The van der Waals surface area contributed by atoms with Gasteiger partial charge in [-0.15, -0.1) is 0 Å². The van der Waals surface area contributed by atoms with E-state index in [4.69, 9.17) is 19.9 Å². The van der Waals surface area contributed by atoms with Gasteiger partial charge >= 0.3 is 5.97 Å². The normalized spacial score (nSPS) is 15.2. The molecular formula is C20H18BrN3O5. The number of carbonyl (C=O) groups is 1. The van der Waals surface area contributed by atoms with Crippen molar-refractivity contribution >= 4 is 21.9 Å². The number of carbonyl (C=O) groups excluding carboxylic acids is 1. The molecule has 0 radical (unpaired) electrons. The molecular weight excluding hydrogens is 442 g/mol. The van der Waals surface area contributed by atoms with Crippen LogP contribution in [0.3, 0.4) is 0 Å². The second-order valence-corrected chi connectivity index (χ2v) is 7.33. The lowest BCUT2D eigenvalue weighted by molar-refractivity contribution is -0.132. The molecule has 2 N–H and O–H groups in total. The molecule has 1 aliphatic heterocycles. The number of pyridine rings is 1. The van der Waals surface area contributed by atoms with Crippen LogP contribution >= 0.6 is 15.9 Å². The maximum Gasteiger partial charge on any atom is 0.308 e. The molecule has 2 aromatic rings. The summed E-state index contributed by atoms with van der Waals surface area (Å²) in [5.74, 6) is -0.609. The maximum atomic E-state index is 13.0. The number of hydrogen-bond acceptors (Lipinski definition) is 7. The average Bonchev–Trinajstić information content (AvgIpc) is 2.66. The van der Waals surface area contributed by atoms with Crippen LogP contribution in [-0.4, -0.2) is 17.6 Å². The Balaban J connectivity index is 2.32. The largest absolute Gasteiger partial charge is 0.493 e. The van der Waals surface area contributed by atoms with Crippen LogP contribution in [0.1, 0.15) is 29.7 Å². The summed E-state index contributed by atoms with van der Waals surface area (Å²) in [6.45, 7) is 3.05. The molecule has 0 amide bonds. The van der Waals surface area contributed by atoms with Crippen molar-refractivity contribution < 1.29 is 19.0 Å². The van der Waals surface area contributed by atoms with Gasteiger partial charge in [0.15, 0.2) is 11.5 Å². The Kier molecular flexibility index (Phi) is 5.40. The van der Waals surface area contributed by atoms with Crippen LogP contribution in [0, 0.1) is 18.3 Å². The molecule has 1 atom stereocenters. The van der Waals surface area contributed by atoms with Crippen molar-refractivity contribution in [3.8, 4) is 23.3 Å². The van der Waals surface area contributed by atoms with E-state index in [1.165, 1.54) is 18.6 Å². The van der Waals surface area contributed by atoms with Crippen molar-refractivity contribution in [3.63, 3.8) is 0 Å². The molecule has 0 saturated carbocycles. The number of esters is 1. The third kappa shape index (κ3) is 3.47. The predicted molar refractivity (Wildman–Crippen MR) is 108 cm³/mol. The van der Waals surface area contributed by atoms with Gasteiger partial charge in [-0.3, -0.25) is 9.59 Å². The monoisotopic (exact) mass is 459 g/mol. The van der Waals surface area contributed by atoms with Gasteiger partial charge in [0.1, 0.15) is 17.4 Å². The van der Waals surface area contributed by atoms with Crippen molar-refractivity contribution in [2.45, 2.75) is 19.8 Å². The van der Waals surface area contributed by atoms with Gasteiger partial charge in [0.25, 0.3) is 5.56 Å². The first-order chi connectivity index (χ1) is 13.7. The number of allylic oxidation sites excluding steroid dienone is 1. The van der Waals surface area contributed by atoms with Gasteiger partial charge in [-0.1, -0.05) is 0 Å². The summed E-state index contributed by atoms with van der Waals surface area (Å²) >= 11 is 3.37. The molecule has 1 aliphatic rings. The number of fused-ring (bicyclic) bond motifs is 1. The lowest BCUT2D eigenvalue weighted by Gasteiger charge is -2.27. The minimum absolute atomic E-state index is 0.0724. The van der Waals surface area contributed by atoms with E-state index < -0.39 is 11.9 Å². The van der Waals surface area contributed by atoms with Gasteiger partial charge in [0.05, 0.1) is 23.1 Å². The lowest BCUT2D eigenvalue weighted by atomic mass is 9.84. The minimum Gasteiger partial charge on any atom is -0.493 e. The van der Waals surface area contributed by atoms with Crippen molar-refractivity contribution in [2.75, 3.05) is 7.11 Å². The number of nitrogens with two attached hydrogens (primary N) is 1. The first kappa shape index (κ1) is 20.5. The fraction of sp³-hybridized carbons (Fsp3) is 0.250. The second-order valence-electron chi connectivity index (χ2n) is 6.48. The molecule has 0 aliphatic carbocycles. The Morgan fingerprint density at radius 1 is 1.38 bits per heavy atom. The summed E-state index contributed by atoms with van der Waals surface area (Å²) in [7, 11) is 3.07. The fourth-order valence-electron chi connectivity index (χ4n) is 3.22. The molecule has 0 unspecified atom stereocenters. The van der Waals surface area contributed by atoms with Crippen LogP contribution in [0.5, 0.6) is 17.2 Å². The smallest absolute Gasteiger partial charge is 0.308 e. The van der Waals surface area contributed by atoms with Gasteiger partial charge < -0.3 is 24.5 Å². The number of methoxy groups -OCH3 is 1. The molecule has 0 bridgehead atoms. The summed E-state index contributed by atoms with van der Waals surface area (Å²) < 4.78 is 18.1. The van der Waals surface area contributed by atoms with Gasteiger partial charge in [-0.2, -0.15) is 5.26 Å². The van der Waals surface area contributed by atoms with Crippen LogP contribution in [0.2, 0.25) is 0 Å². The molecule has 150 valence electrons. The number of halogens is 1. The number of ether oxygens (including phenoxy) is 3. The zero-order valence-corrected chi connectivity index (χ0v) is 17.8. The number of rotatable bonds is 3. The molecule has 1 aromatic heterocycles. The topological polar surface area (TPSA) is 117 Å². The molecule has 2 heterocycles. The van der Waals surface area contributed by atoms with Crippen molar-refractivity contribution in [1.82, 2.24) is 4.57 Å². The van der Waals surface area contributed by atoms with E-state index in [-0.39, 0.29) is 34.1 Å². The molecule has 29 heavy (non-hydrogen) atoms. The molecule has 0 saturated heterocycles. The van der Waals surface area contributed by atoms with E-state index in [1.54, 1.807) is 32.2 Å². The average molecular weight is 460 g/mol. The summed E-state index contributed by atoms with van der Waals surface area (Å²) in [4.78, 5) is 24.4.